The molecule has 2 aliphatic heterocycles. The first kappa shape index (κ1) is 25.2. The van der Waals surface area contributed by atoms with Gasteiger partial charge in [0.25, 0.3) is 11.8 Å². The maximum Gasteiger partial charge on any atom is 1.00 e. The fourth-order valence-electron chi connectivity index (χ4n) is 2.72. The number of aliphatic carboxylic acids is 1. The van der Waals surface area contributed by atoms with Gasteiger partial charge in [-0.2, -0.15) is 5.26 Å². The quantitative estimate of drug-likeness (QED) is 0.114. The molecule has 1 saturated heterocycles. The molecule has 0 bridgehead atoms. The normalized spacial score (nSPS) is 20.5. The van der Waals surface area contributed by atoms with Crippen molar-refractivity contribution in [2.24, 2.45) is 5.16 Å². The number of aromatic nitrogens is 1. The van der Waals surface area contributed by atoms with E-state index in [2.05, 4.69) is 15.5 Å². The number of carboxylic acid groups (broad SMARTS) is 1. The van der Waals surface area contributed by atoms with Crippen LogP contribution in [0.15, 0.2) is 32.6 Å². The van der Waals surface area contributed by atoms with E-state index in [0.717, 1.165) is 28.0 Å². The van der Waals surface area contributed by atoms with E-state index < -0.39 is 34.9 Å². The number of carboxylic acids is 1. The number of allylic oxidation sites excluding steroid dienone is 1. The number of amides is 2. The number of nitrogens with one attached hydrogen (secondary N) is 1. The Morgan fingerprint density at radius 1 is 1.58 bits per heavy atom. The molecule has 1 aromatic rings. The molecular weight excluding hydrogens is 475 g/mol. The van der Waals surface area contributed by atoms with E-state index in [4.69, 9.17) is 16.2 Å². The molecule has 0 saturated carbocycles. The summed E-state index contributed by atoms with van der Waals surface area (Å²) >= 11 is 3.40. The first-order valence-electron chi connectivity index (χ1n) is 8.21. The summed E-state index contributed by atoms with van der Waals surface area (Å²) in [6, 6.07) is 0.922. The molecule has 11 nitrogen and oxygen atoms in total. The number of oxime groups is 1. The average Bonchev–Trinajstić information content (AvgIpc) is 3.15. The number of fused-ring (bicyclic) bond motifs is 1. The molecule has 4 N–H and O–H groups in total. The number of carbonyl (C=O) groups is 3. The second-order valence-corrected chi connectivity index (χ2v) is 8.79. The zero-order valence-corrected chi connectivity index (χ0v) is 20.4. The maximum absolute atomic E-state index is 12.6. The van der Waals surface area contributed by atoms with Crippen LogP contribution in [0.2, 0.25) is 0 Å². The summed E-state index contributed by atoms with van der Waals surface area (Å²) < 4.78 is 0. The Bertz CT molecular complexity index is 1030. The van der Waals surface area contributed by atoms with Crippen molar-refractivity contribution in [1.82, 2.24) is 15.2 Å². The topological polar surface area (TPSA) is 185 Å². The van der Waals surface area contributed by atoms with E-state index in [-0.39, 0.29) is 58.3 Å². The Labute approximate surface area is 210 Å². The minimum Gasteiger partial charge on any atom is -0.543 e. The smallest absolute Gasteiger partial charge is 0.543 e. The predicted molar refractivity (Wildman–Crippen MR) is 109 cm³/mol. The summed E-state index contributed by atoms with van der Waals surface area (Å²) in [5, 5.41) is 37.2. The van der Waals surface area contributed by atoms with Crippen LogP contribution < -0.4 is 45.7 Å². The van der Waals surface area contributed by atoms with Gasteiger partial charge in [-0.3, -0.25) is 14.5 Å². The van der Waals surface area contributed by atoms with Gasteiger partial charge >= 0.3 is 29.6 Å². The molecule has 2 aliphatic rings. The number of hydrogen-bond donors (Lipinski definition) is 3. The van der Waals surface area contributed by atoms with Crippen LogP contribution in [0.5, 0.6) is 0 Å². The minimum atomic E-state index is -1.51. The molecular formula is C16H13N6NaO5S3. The molecule has 15 heteroatoms. The summed E-state index contributed by atoms with van der Waals surface area (Å²) in [6.45, 7) is 0. The Hall–Kier alpha value is -2.02. The third-order valence-electron chi connectivity index (χ3n) is 4.01. The van der Waals surface area contributed by atoms with Crippen LogP contribution in [0.1, 0.15) is 12.1 Å². The molecule has 3 rings (SSSR count). The second kappa shape index (κ2) is 11.0. The molecule has 1 unspecified atom stereocenters. The summed E-state index contributed by atoms with van der Waals surface area (Å²) in [7, 11) is 0. The van der Waals surface area contributed by atoms with Crippen LogP contribution in [-0.2, 0) is 14.4 Å². The predicted octanol–water partition coefficient (Wildman–Crippen LogP) is -3.57. The third kappa shape index (κ3) is 5.25. The van der Waals surface area contributed by atoms with Crippen LogP contribution in [0, 0.1) is 11.3 Å². The van der Waals surface area contributed by atoms with E-state index in [1.807, 2.05) is 6.07 Å². The monoisotopic (exact) mass is 488 g/mol. The first-order chi connectivity index (χ1) is 14.4. The third-order valence-corrected chi connectivity index (χ3v) is 7.10. The van der Waals surface area contributed by atoms with Crippen LogP contribution in [-0.4, -0.2) is 55.8 Å². The summed E-state index contributed by atoms with van der Waals surface area (Å²) in [4.78, 5) is 42.0. The fourth-order valence-corrected chi connectivity index (χ4v) is 5.59. The molecule has 2 atom stereocenters. The van der Waals surface area contributed by atoms with Crippen molar-refractivity contribution in [3.05, 3.63) is 33.2 Å². The largest absolute Gasteiger partial charge is 1.00 e. The molecule has 0 radical (unpaired) electrons. The molecule has 1 aromatic heterocycles. The van der Waals surface area contributed by atoms with Gasteiger partial charge in [0.2, 0.25) is 0 Å². The van der Waals surface area contributed by atoms with Crippen LogP contribution in [0.25, 0.3) is 0 Å². The van der Waals surface area contributed by atoms with Crippen LogP contribution >= 0.6 is 34.9 Å². The van der Waals surface area contributed by atoms with Gasteiger partial charge in [-0.05, 0) is 5.41 Å². The number of nitriles is 1. The molecule has 31 heavy (non-hydrogen) atoms. The van der Waals surface area contributed by atoms with Crippen molar-refractivity contribution < 1.29 is 54.3 Å². The Balaban J connectivity index is 0.00000341. The number of nitrogen functional groups attached to an aromatic ring is 1. The van der Waals surface area contributed by atoms with Gasteiger partial charge in [0.1, 0.15) is 17.1 Å². The van der Waals surface area contributed by atoms with Gasteiger partial charge in [-0.15, -0.1) is 23.1 Å². The SMILES string of the molecule is N#CC/C=C\SC1=C(C(=O)[O-])N2C(=O)C(NC(=O)/C(=N\O)c3csc(N)n3)[C@H]2SC1.[Na+]. The number of hydrogen-bond acceptors (Lipinski definition) is 12. The van der Waals surface area contributed by atoms with Gasteiger partial charge in [-0.1, -0.05) is 23.0 Å². The van der Waals surface area contributed by atoms with Crippen molar-refractivity contribution in [1.29, 1.82) is 5.26 Å². The van der Waals surface area contributed by atoms with E-state index in [1.54, 1.807) is 11.5 Å². The fraction of sp³-hybridized carbons (Fsp3) is 0.250. The van der Waals surface area contributed by atoms with Crippen molar-refractivity contribution in [2.75, 3.05) is 11.5 Å². The first-order valence-corrected chi connectivity index (χ1v) is 11.0. The van der Waals surface area contributed by atoms with Crippen LogP contribution in [0.3, 0.4) is 0 Å². The van der Waals surface area contributed by atoms with Crippen molar-refractivity contribution in [3.63, 3.8) is 0 Å². The molecule has 0 spiro atoms. The Morgan fingerprint density at radius 3 is 2.90 bits per heavy atom. The van der Waals surface area contributed by atoms with Crippen molar-refractivity contribution >= 4 is 63.5 Å². The molecule has 3 heterocycles. The summed E-state index contributed by atoms with van der Waals surface area (Å²) in [5.41, 5.74) is 4.89. The summed E-state index contributed by atoms with van der Waals surface area (Å²) in [6.07, 6.45) is 1.75. The standard InChI is InChI=1S/C16H14N6O5S3.Na/c17-3-1-2-4-28-8-6-29-14-10(13(24)22(14)11(8)15(25)26)20-12(23)9(21-27)7-5-30-16(18)19-7;/h2,4-5,10,14,27H,1,6H2,(H2,18,19)(H,20,23)(H,25,26);/q;+1/p-1/b4-2-,21-9-;/t10?,14-;/m1./s1. The minimum absolute atomic E-state index is 0. The molecule has 2 amide bonds. The van der Waals surface area contributed by atoms with E-state index in [1.165, 1.54) is 17.1 Å². The summed E-state index contributed by atoms with van der Waals surface area (Å²) in [5.74, 6) is -2.71. The van der Waals surface area contributed by atoms with Gasteiger partial charge in [-0.25, -0.2) is 4.98 Å². The maximum atomic E-state index is 12.6. The van der Waals surface area contributed by atoms with Gasteiger partial charge in [0.15, 0.2) is 10.8 Å². The number of thioether (sulfide) groups is 2. The number of rotatable bonds is 7. The number of β-lactam (4-membered cyclic amide) rings is 1. The molecule has 0 aromatic carbocycles. The number of nitrogens with two attached hydrogens (primary N) is 1. The van der Waals surface area contributed by atoms with E-state index >= 15 is 0 Å². The number of carbonyl (C=O) groups excluding carboxylic acids is 3. The number of nitrogens with zero attached hydrogens (tertiary/aromatic N) is 4. The second-order valence-electron chi connectivity index (χ2n) is 5.79. The van der Waals surface area contributed by atoms with Crippen molar-refractivity contribution in [2.45, 2.75) is 17.8 Å². The van der Waals surface area contributed by atoms with Gasteiger partial charge in [0.05, 0.1) is 24.2 Å². The number of anilines is 1. The Morgan fingerprint density at radius 2 is 2.32 bits per heavy atom. The molecule has 156 valence electrons. The number of thiazole rings is 1. The van der Waals surface area contributed by atoms with Crippen LogP contribution in [0.4, 0.5) is 5.13 Å². The zero-order valence-electron chi connectivity index (χ0n) is 16.0. The van der Waals surface area contributed by atoms with Gasteiger partial charge in [0, 0.05) is 16.0 Å². The van der Waals surface area contributed by atoms with Crippen molar-refractivity contribution in [3.8, 4) is 6.07 Å². The van der Waals surface area contributed by atoms with Gasteiger partial charge < -0.3 is 26.2 Å². The molecule has 0 aliphatic carbocycles. The zero-order chi connectivity index (χ0) is 21.8. The van der Waals surface area contributed by atoms with E-state index in [9.17, 15) is 19.5 Å². The average molecular weight is 489 g/mol. The van der Waals surface area contributed by atoms with E-state index in [0.29, 0.717) is 4.91 Å². The molecule has 1 fully saturated rings. The Kier molecular flexibility index (Phi) is 8.98.